The van der Waals surface area contributed by atoms with Crippen molar-refractivity contribution in [3.63, 3.8) is 0 Å². The topological polar surface area (TPSA) is 69.6 Å². The lowest BCUT2D eigenvalue weighted by molar-refractivity contribution is -0.131. The molecule has 0 unspecified atom stereocenters. The number of carboxylic acid groups (broad SMARTS) is 1. The van der Waals surface area contributed by atoms with Crippen LogP contribution in [0.3, 0.4) is 0 Å². The van der Waals surface area contributed by atoms with Crippen LogP contribution < -0.4 is 5.32 Å². The third-order valence-corrected chi connectivity index (χ3v) is 2.95. The average molecular weight is 294 g/mol. The molecule has 0 aliphatic carbocycles. The van der Waals surface area contributed by atoms with E-state index >= 15 is 0 Å². The summed E-state index contributed by atoms with van der Waals surface area (Å²) < 4.78 is 13.3. The number of nitrogens with zero attached hydrogens (tertiary/aromatic N) is 1. The zero-order chi connectivity index (χ0) is 15.8. The predicted octanol–water partition coefficient (Wildman–Crippen LogP) is 1.49. The highest BCUT2D eigenvalue weighted by atomic mass is 19.1. The lowest BCUT2D eigenvalue weighted by Crippen LogP contribution is -2.26. The van der Waals surface area contributed by atoms with Crippen molar-refractivity contribution in [3.05, 3.63) is 41.2 Å². The molecule has 2 N–H and O–H groups in total. The van der Waals surface area contributed by atoms with E-state index in [4.69, 9.17) is 5.11 Å². The fourth-order valence-electron chi connectivity index (χ4n) is 1.81. The second-order valence-electron chi connectivity index (χ2n) is 4.68. The highest BCUT2D eigenvalue weighted by Crippen LogP contribution is 2.15. The average Bonchev–Trinajstić information content (AvgIpc) is 2.44. The van der Waals surface area contributed by atoms with Crippen LogP contribution in [0.4, 0.5) is 4.39 Å². The molecule has 114 valence electrons. The van der Waals surface area contributed by atoms with Crippen LogP contribution in [0.25, 0.3) is 6.08 Å². The summed E-state index contributed by atoms with van der Waals surface area (Å²) in [5.41, 5.74) is 1.32. The van der Waals surface area contributed by atoms with Gasteiger partial charge in [-0.3, -0.25) is 4.79 Å². The van der Waals surface area contributed by atoms with Crippen molar-refractivity contribution in [1.29, 1.82) is 0 Å². The van der Waals surface area contributed by atoms with Gasteiger partial charge < -0.3 is 15.3 Å². The highest BCUT2D eigenvalue weighted by molar-refractivity contribution is 5.85. The Kier molecular flexibility index (Phi) is 6.55. The predicted molar refractivity (Wildman–Crippen MR) is 78.1 cm³/mol. The molecule has 6 heteroatoms. The maximum Gasteiger partial charge on any atom is 0.328 e. The smallest absolute Gasteiger partial charge is 0.328 e. The van der Waals surface area contributed by atoms with Gasteiger partial charge in [0.15, 0.2) is 0 Å². The van der Waals surface area contributed by atoms with Gasteiger partial charge >= 0.3 is 5.97 Å². The molecule has 21 heavy (non-hydrogen) atoms. The van der Waals surface area contributed by atoms with E-state index in [2.05, 4.69) is 5.32 Å². The molecule has 1 rings (SSSR count). The molecule has 5 nitrogen and oxygen atoms in total. The molecule has 1 amide bonds. The van der Waals surface area contributed by atoms with Gasteiger partial charge in [0.2, 0.25) is 5.91 Å². The summed E-state index contributed by atoms with van der Waals surface area (Å²) >= 11 is 0. The SMILES string of the molecule is CNC(=O)CCN(C)Cc1ccc(F)cc1/C=C/C(=O)O. The number of carbonyl (C=O) groups excluding carboxylic acids is 1. The van der Waals surface area contributed by atoms with Gasteiger partial charge in [0.05, 0.1) is 0 Å². The second kappa shape index (κ2) is 8.16. The van der Waals surface area contributed by atoms with E-state index in [1.54, 1.807) is 13.1 Å². The minimum absolute atomic E-state index is 0.0491. The van der Waals surface area contributed by atoms with Gasteiger partial charge in [0.1, 0.15) is 5.82 Å². The molecule has 0 aliphatic rings. The molecule has 1 aromatic carbocycles. The minimum atomic E-state index is -1.09. The zero-order valence-electron chi connectivity index (χ0n) is 12.1. The summed E-state index contributed by atoms with van der Waals surface area (Å²) in [5.74, 6) is -1.55. The Balaban J connectivity index is 2.77. The number of carboxylic acids is 1. The fraction of sp³-hybridized carbons (Fsp3) is 0.333. The lowest BCUT2D eigenvalue weighted by atomic mass is 10.1. The van der Waals surface area contributed by atoms with Gasteiger partial charge in [-0.15, -0.1) is 0 Å². The molecular weight excluding hydrogens is 275 g/mol. The van der Waals surface area contributed by atoms with Crippen molar-refractivity contribution >= 4 is 18.0 Å². The normalized spacial score (nSPS) is 11.0. The van der Waals surface area contributed by atoms with Gasteiger partial charge in [0.25, 0.3) is 0 Å². The summed E-state index contributed by atoms with van der Waals surface area (Å²) in [5, 5.41) is 11.2. The number of hydrogen-bond donors (Lipinski definition) is 2. The first-order valence-electron chi connectivity index (χ1n) is 6.51. The largest absolute Gasteiger partial charge is 0.478 e. The molecule has 0 aromatic heterocycles. The molecule has 1 aromatic rings. The van der Waals surface area contributed by atoms with Gasteiger partial charge in [-0.05, 0) is 36.4 Å². The Hall–Kier alpha value is -2.21. The quantitative estimate of drug-likeness (QED) is 0.748. The summed E-state index contributed by atoms with van der Waals surface area (Å²) in [6.07, 6.45) is 2.71. The Morgan fingerprint density at radius 1 is 1.43 bits per heavy atom. The molecule has 0 radical (unpaired) electrons. The van der Waals surface area contributed by atoms with E-state index in [-0.39, 0.29) is 5.91 Å². The first-order valence-corrected chi connectivity index (χ1v) is 6.51. The Morgan fingerprint density at radius 3 is 2.76 bits per heavy atom. The minimum Gasteiger partial charge on any atom is -0.478 e. The zero-order valence-corrected chi connectivity index (χ0v) is 12.1. The molecule has 0 aliphatic heterocycles. The Morgan fingerprint density at radius 2 is 2.14 bits per heavy atom. The number of hydrogen-bond acceptors (Lipinski definition) is 3. The fourth-order valence-corrected chi connectivity index (χ4v) is 1.81. The van der Waals surface area contributed by atoms with Crippen molar-refractivity contribution in [2.75, 3.05) is 20.6 Å². The van der Waals surface area contributed by atoms with Crippen LogP contribution in [-0.2, 0) is 16.1 Å². The molecule has 0 atom stereocenters. The van der Waals surface area contributed by atoms with E-state index < -0.39 is 11.8 Å². The third-order valence-electron chi connectivity index (χ3n) is 2.95. The van der Waals surface area contributed by atoms with Gasteiger partial charge in [-0.1, -0.05) is 6.07 Å². The van der Waals surface area contributed by atoms with Crippen molar-refractivity contribution in [2.45, 2.75) is 13.0 Å². The van der Waals surface area contributed by atoms with Crippen LogP contribution in [0.1, 0.15) is 17.5 Å². The molecule has 0 saturated heterocycles. The van der Waals surface area contributed by atoms with Crippen LogP contribution in [0.15, 0.2) is 24.3 Å². The number of halogens is 1. The van der Waals surface area contributed by atoms with Gasteiger partial charge in [-0.25, -0.2) is 9.18 Å². The third kappa shape index (κ3) is 6.18. The first-order chi connectivity index (χ1) is 9.92. The molecule has 0 bridgehead atoms. The number of amides is 1. The van der Waals surface area contributed by atoms with E-state index in [0.717, 1.165) is 11.6 Å². The molecule has 0 saturated carbocycles. The molecule has 0 fully saturated rings. The highest BCUT2D eigenvalue weighted by Gasteiger charge is 2.07. The maximum atomic E-state index is 13.3. The number of nitrogens with one attached hydrogen (secondary N) is 1. The molecule has 0 spiro atoms. The lowest BCUT2D eigenvalue weighted by Gasteiger charge is -2.17. The summed E-state index contributed by atoms with van der Waals surface area (Å²) in [6, 6.07) is 4.24. The number of rotatable bonds is 7. The molecule has 0 heterocycles. The van der Waals surface area contributed by atoms with Crippen molar-refractivity contribution in [3.8, 4) is 0 Å². The van der Waals surface area contributed by atoms with E-state index in [0.29, 0.717) is 25.1 Å². The Bertz CT molecular complexity index is 544. The van der Waals surface area contributed by atoms with Gasteiger partial charge in [-0.2, -0.15) is 0 Å². The van der Waals surface area contributed by atoms with Crippen molar-refractivity contribution < 1.29 is 19.1 Å². The number of carbonyl (C=O) groups is 2. The van der Waals surface area contributed by atoms with Crippen LogP contribution in [0.5, 0.6) is 0 Å². The van der Waals surface area contributed by atoms with Crippen LogP contribution in [0, 0.1) is 5.82 Å². The van der Waals surface area contributed by atoms with Gasteiger partial charge in [0, 0.05) is 32.6 Å². The van der Waals surface area contributed by atoms with E-state index in [1.807, 2.05) is 11.9 Å². The summed E-state index contributed by atoms with van der Waals surface area (Å²) in [4.78, 5) is 23.7. The van der Waals surface area contributed by atoms with E-state index in [1.165, 1.54) is 18.2 Å². The number of aliphatic carboxylic acids is 1. The van der Waals surface area contributed by atoms with Crippen LogP contribution in [0.2, 0.25) is 0 Å². The maximum absolute atomic E-state index is 13.3. The Labute approximate surface area is 123 Å². The standard InChI is InChI=1S/C15H19FN2O3/c1-17-14(19)7-8-18(2)10-12-3-5-13(16)9-11(12)4-6-15(20)21/h3-6,9H,7-8,10H2,1-2H3,(H,17,19)(H,20,21)/b6-4+. The summed E-state index contributed by atoms with van der Waals surface area (Å²) in [6.45, 7) is 1.05. The number of benzene rings is 1. The van der Waals surface area contributed by atoms with Crippen LogP contribution in [-0.4, -0.2) is 42.5 Å². The van der Waals surface area contributed by atoms with Crippen molar-refractivity contribution in [1.82, 2.24) is 10.2 Å². The van der Waals surface area contributed by atoms with Crippen molar-refractivity contribution in [2.24, 2.45) is 0 Å². The monoisotopic (exact) mass is 294 g/mol. The molecular formula is C15H19FN2O3. The van der Waals surface area contributed by atoms with Crippen LogP contribution >= 0.6 is 0 Å². The summed E-state index contributed by atoms with van der Waals surface area (Å²) in [7, 11) is 3.42. The first kappa shape index (κ1) is 16.8. The van der Waals surface area contributed by atoms with E-state index in [9.17, 15) is 14.0 Å². The second-order valence-corrected chi connectivity index (χ2v) is 4.68.